The summed E-state index contributed by atoms with van der Waals surface area (Å²) in [6.07, 6.45) is 0. The van der Waals surface area contributed by atoms with Gasteiger partial charge in [-0.1, -0.05) is 72.8 Å². The van der Waals surface area contributed by atoms with Crippen molar-refractivity contribution in [1.29, 1.82) is 0 Å². The van der Waals surface area contributed by atoms with E-state index in [0.29, 0.717) is 0 Å². The molecule has 0 atom stereocenters. The van der Waals surface area contributed by atoms with Crippen molar-refractivity contribution < 1.29 is 0 Å². The van der Waals surface area contributed by atoms with E-state index in [1.165, 1.54) is 134 Å². The maximum atomic E-state index is 2.65. The zero-order valence-corrected chi connectivity index (χ0v) is 47.0. The minimum absolute atomic E-state index is 1.14. The van der Waals surface area contributed by atoms with Gasteiger partial charge >= 0.3 is 389 Å². The molecular weight excluding hydrogens is 1000 g/mol. The van der Waals surface area contributed by atoms with Crippen LogP contribution in [0.2, 0.25) is 0 Å². The number of fused-ring (bicyclic) bond motifs is 13. The molecule has 0 saturated heterocycles. The summed E-state index contributed by atoms with van der Waals surface area (Å²) in [6, 6.07) is 83.1. The molecule has 0 amide bonds. The number of nitrogens with zero attached hydrogens (tertiary/aromatic N) is 5. The number of aryl methyl sites for hydroxylation is 6. The monoisotopic (exact) mass is 1060 g/mol. The van der Waals surface area contributed by atoms with Gasteiger partial charge in [0, 0.05) is 0 Å². The van der Waals surface area contributed by atoms with Crippen LogP contribution in [0, 0.1) is 41.5 Å². The molecule has 5 nitrogen and oxygen atoms in total. The molecule has 14 aromatic rings. The third kappa shape index (κ3) is 6.33. The van der Waals surface area contributed by atoms with E-state index >= 15 is 0 Å². The van der Waals surface area contributed by atoms with Gasteiger partial charge in [0.1, 0.15) is 0 Å². The third-order valence-electron chi connectivity index (χ3n) is 17.3. The molecule has 0 spiro atoms. The van der Waals surface area contributed by atoms with Crippen LogP contribution in [0.5, 0.6) is 0 Å². The number of benzene rings is 11. The molecule has 0 saturated carbocycles. The first-order valence-electron chi connectivity index (χ1n) is 27.4. The van der Waals surface area contributed by atoms with Crippen molar-refractivity contribution in [3.05, 3.63) is 252 Å². The summed E-state index contributed by atoms with van der Waals surface area (Å²) in [7, 11) is 0. The molecule has 0 radical (unpaired) electrons. The third-order valence-corrected chi connectivity index (χ3v) is 24.4. The van der Waals surface area contributed by atoms with Crippen molar-refractivity contribution in [2.45, 2.75) is 41.5 Å². The minimum atomic E-state index is -2.85. The van der Waals surface area contributed by atoms with Gasteiger partial charge in [0.05, 0.1) is 0 Å². The van der Waals surface area contributed by atoms with Gasteiger partial charge in [0.15, 0.2) is 0 Å². The molecule has 0 unspecified atom stereocenters. The molecular formula is C72H54GaN5. The first kappa shape index (κ1) is 45.3. The Morgan fingerprint density at radius 1 is 0.269 bits per heavy atom. The predicted molar refractivity (Wildman–Crippen MR) is 332 cm³/mol. The fourth-order valence-corrected chi connectivity index (χ4v) is 22.1. The van der Waals surface area contributed by atoms with Gasteiger partial charge in [-0.3, -0.25) is 0 Å². The Hall–Kier alpha value is -8.94. The predicted octanol–water partition coefficient (Wildman–Crippen LogP) is 16.9. The van der Waals surface area contributed by atoms with Crippen LogP contribution in [0.15, 0.2) is 218 Å². The molecule has 5 heterocycles. The zero-order chi connectivity index (χ0) is 52.2. The fraction of sp³-hybridized carbons (Fsp3) is 0.0833. The van der Waals surface area contributed by atoms with Gasteiger partial charge < -0.3 is 0 Å². The summed E-state index contributed by atoms with van der Waals surface area (Å²) in [5.74, 6) is 0. The number of aromatic nitrogens is 3. The van der Waals surface area contributed by atoms with Crippen LogP contribution < -0.4 is 22.2 Å². The van der Waals surface area contributed by atoms with Crippen molar-refractivity contribution in [1.82, 2.24) is 13.7 Å². The average molecular weight is 1060 g/mol. The van der Waals surface area contributed by atoms with Gasteiger partial charge in [-0.05, 0) is 0 Å². The normalized spacial score (nSPS) is 12.9. The van der Waals surface area contributed by atoms with Crippen LogP contribution in [0.4, 0.5) is 34.1 Å². The van der Waals surface area contributed by atoms with Crippen molar-refractivity contribution in [2.75, 3.05) is 9.80 Å². The van der Waals surface area contributed by atoms with Gasteiger partial charge in [0.25, 0.3) is 0 Å². The van der Waals surface area contributed by atoms with E-state index in [1.807, 2.05) is 0 Å². The molecule has 2 aliphatic rings. The summed E-state index contributed by atoms with van der Waals surface area (Å²) in [4.78, 5) is 5.30. The van der Waals surface area contributed by atoms with Crippen LogP contribution in [-0.4, -0.2) is 29.9 Å². The Balaban J connectivity index is 1.04. The molecule has 3 aromatic heterocycles. The molecule has 370 valence electrons. The first-order valence-corrected chi connectivity index (χ1v) is 31.0. The van der Waals surface area contributed by atoms with Crippen molar-refractivity contribution in [2.24, 2.45) is 0 Å². The summed E-state index contributed by atoms with van der Waals surface area (Å²) in [5, 5.41) is 7.43. The van der Waals surface area contributed by atoms with Gasteiger partial charge in [-0.2, -0.15) is 0 Å². The van der Waals surface area contributed by atoms with Crippen LogP contribution in [0.25, 0.3) is 82.5 Å². The van der Waals surface area contributed by atoms with Gasteiger partial charge in [0.2, 0.25) is 0 Å². The summed E-state index contributed by atoms with van der Waals surface area (Å²) < 4.78 is 12.0. The number of anilines is 6. The van der Waals surface area contributed by atoms with Crippen LogP contribution in [0.1, 0.15) is 33.4 Å². The zero-order valence-electron chi connectivity index (χ0n) is 44.6. The number of rotatable bonds is 5. The average Bonchev–Trinajstić information content (AvgIpc) is 3.94. The maximum absolute atomic E-state index is 2.85. The van der Waals surface area contributed by atoms with E-state index in [-0.39, 0.29) is 0 Å². The van der Waals surface area contributed by atoms with Crippen molar-refractivity contribution >= 4 is 128 Å². The molecule has 16 rings (SSSR count). The van der Waals surface area contributed by atoms with Crippen molar-refractivity contribution in [3.63, 3.8) is 0 Å². The number of hydrogen-bond acceptors (Lipinski definition) is 2. The molecule has 6 heteroatoms. The molecule has 0 N–H and O–H groups in total. The molecule has 0 bridgehead atoms. The fourth-order valence-electron chi connectivity index (χ4n) is 14.5. The van der Waals surface area contributed by atoms with E-state index < -0.39 is 16.2 Å². The van der Waals surface area contributed by atoms with E-state index in [0.717, 1.165) is 28.1 Å². The Labute approximate surface area is 459 Å². The molecule has 78 heavy (non-hydrogen) atoms. The van der Waals surface area contributed by atoms with Crippen LogP contribution in [0.3, 0.4) is 0 Å². The Morgan fingerprint density at radius 2 is 0.590 bits per heavy atom. The Morgan fingerprint density at radius 3 is 0.974 bits per heavy atom. The van der Waals surface area contributed by atoms with E-state index in [2.05, 4.69) is 283 Å². The first-order chi connectivity index (χ1) is 38.2. The Kier molecular flexibility index (Phi) is 9.74. The van der Waals surface area contributed by atoms with Crippen LogP contribution >= 0.6 is 0 Å². The molecule has 0 fully saturated rings. The molecule has 11 aromatic carbocycles. The van der Waals surface area contributed by atoms with E-state index in [4.69, 9.17) is 0 Å². The topological polar surface area (TPSA) is 21.3 Å². The quantitative estimate of drug-likeness (QED) is 0.160. The van der Waals surface area contributed by atoms with Gasteiger partial charge in [-0.15, -0.1) is 0 Å². The standard InChI is InChI=1S/C72H54N5.Ga/c1-46-37-48(3)71(49(4)38-46)73(52-21-9-7-10-22-52)56-41-57(74(53-23-11-8-12-24-53)72-50(5)39-47(2)40-51(72)6)43-58(42-56)77-69-35-33-54(75-65-29-17-13-25-59(65)60-26-14-18-30-66(60)75)44-63(69)64-45-55(34-36-70(64)77)76-67-31-19-15-27-61(67)62-28-16-20-32-68(62)76;/h7-21,23,25-40,42-45H,1-6H3;. The molecule has 2 aliphatic heterocycles. The van der Waals surface area contributed by atoms with E-state index in [1.54, 1.807) is 0 Å². The number of para-hydroxylation sites is 6. The van der Waals surface area contributed by atoms with Crippen LogP contribution in [-0.2, 0) is 0 Å². The second-order valence-corrected chi connectivity index (χ2v) is 27.7. The second-order valence-electron chi connectivity index (χ2n) is 22.1. The Bertz CT molecular complexity index is 4460. The molecule has 0 aliphatic carbocycles. The SMILES string of the molecule is Cc1cc(C)c(N2c3cccc[c]3[Ga]3[c]4ccccc4N(c4c(C)cc(C)cc4C)c4cc(-n5c6ccc(-n7c8ccccc8c8ccccc87)cc6c6cc(-n7c8ccccc8c8ccccc87)ccc65)cc2[c]43)c(C)c1. The second kappa shape index (κ2) is 16.8. The van der Waals surface area contributed by atoms with Gasteiger partial charge in [-0.25, -0.2) is 0 Å². The summed E-state index contributed by atoms with van der Waals surface area (Å²) >= 11 is -2.85. The summed E-state index contributed by atoms with van der Waals surface area (Å²) in [5.41, 5.74) is 25.9. The van der Waals surface area contributed by atoms with E-state index in [9.17, 15) is 0 Å². The van der Waals surface area contributed by atoms with Crippen molar-refractivity contribution in [3.8, 4) is 17.1 Å². The summed E-state index contributed by atoms with van der Waals surface area (Å²) in [6.45, 7) is 13.7. The number of hydrogen-bond donors (Lipinski definition) is 0.